The van der Waals surface area contributed by atoms with Crippen molar-refractivity contribution in [3.05, 3.63) is 28.2 Å². The van der Waals surface area contributed by atoms with Gasteiger partial charge in [0.25, 0.3) is 0 Å². The number of fused-ring (bicyclic) bond motifs is 1. The Balaban J connectivity index is 2.33. The molecule has 2 rings (SSSR count). The molecule has 104 valence electrons. The van der Waals surface area contributed by atoms with Crippen molar-refractivity contribution >= 4 is 21.7 Å². The maximum absolute atomic E-state index is 12.3. The predicted molar refractivity (Wildman–Crippen MR) is 80.8 cm³/mol. The van der Waals surface area contributed by atoms with E-state index in [9.17, 15) is 4.79 Å². The Kier molecular flexibility index (Phi) is 4.34. The number of Topliss-reactive ketones (excluding diaryl/α,β-unsaturated/α-hetero) is 1. The normalized spacial score (nSPS) is 23.7. The lowest BCUT2D eigenvalue weighted by Gasteiger charge is -2.39. The summed E-state index contributed by atoms with van der Waals surface area (Å²) in [4.78, 5) is 12.3. The molecule has 1 heterocycles. The van der Waals surface area contributed by atoms with Crippen LogP contribution in [0.1, 0.15) is 56.8 Å². The molecule has 0 fully saturated rings. The zero-order valence-corrected chi connectivity index (χ0v) is 13.4. The fraction of sp³-hybridized carbons (Fsp3) is 0.562. The van der Waals surface area contributed by atoms with Crippen molar-refractivity contribution in [2.75, 3.05) is 0 Å². The molecule has 1 aromatic rings. The summed E-state index contributed by atoms with van der Waals surface area (Å²) in [7, 11) is 0. The van der Waals surface area contributed by atoms with E-state index >= 15 is 0 Å². The zero-order valence-electron chi connectivity index (χ0n) is 11.8. The van der Waals surface area contributed by atoms with Crippen LogP contribution < -0.4 is 4.74 Å². The molecule has 2 nitrogen and oxygen atoms in total. The van der Waals surface area contributed by atoms with E-state index in [0.717, 1.165) is 35.0 Å². The highest BCUT2D eigenvalue weighted by molar-refractivity contribution is 9.10. The Hall–Kier alpha value is -0.830. The zero-order chi connectivity index (χ0) is 14.0. The molecule has 0 aromatic heterocycles. The number of benzene rings is 1. The van der Waals surface area contributed by atoms with Crippen LogP contribution >= 0.6 is 15.9 Å². The van der Waals surface area contributed by atoms with Gasteiger partial charge in [0.15, 0.2) is 5.78 Å². The fourth-order valence-corrected chi connectivity index (χ4v) is 3.04. The molecule has 0 amide bonds. The van der Waals surface area contributed by atoms with Gasteiger partial charge in [0, 0.05) is 4.47 Å². The molecule has 0 bridgehead atoms. The maximum Gasteiger partial charge on any atom is 0.170 e. The molecule has 0 saturated heterocycles. The smallest absolute Gasteiger partial charge is 0.170 e. The van der Waals surface area contributed by atoms with Crippen LogP contribution in [0.5, 0.6) is 5.75 Å². The third kappa shape index (κ3) is 3.02. The Morgan fingerprint density at radius 1 is 1.42 bits per heavy atom. The maximum atomic E-state index is 12.3. The van der Waals surface area contributed by atoms with Gasteiger partial charge in [-0.2, -0.15) is 0 Å². The van der Waals surface area contributed by atoms with Gasteiger partial charge in [-0.3, -0.25) is 4.79 Å². The van der Waals surface area contributed by atoms with Crippen LogP contribution in [0.2, 0.25) is 0 Å². The second-order valence-electron chi connectivity index (χ2n) is 5.60. The Morgan fingerprint density at radius 3 is 2.79 bits per heavy atom. The third-order valence-electron chi connectivity index (χ3n) is 4.11. The number of ether oxygens (including phenoxy) is 1. The topological polar surface area (TPSA) is 26.3 Å². The fourth-order valence-electron chi connectivity index (χ4n) is 2.70. The molecule has 0 aliphatic carbocycles. The van der Waals surface area contributed by atoms with Crippen LogP contribution in [0, 0.1) is 5.92 Å². The highest BCUT2D eigenvalue weighted by atomic mass is 79.9. The van der Waals surface area contributed by atoms with E-state index in [0.29, 0.717) is 12.3 Å². The molecule has 2 atom stereocenters. The lowest BCUT2D eigenvalue weighted by molar-refractivity contribution is 0.0208. The minimum atomic E-state index is -0.319. The number of carbonyl (C=O) groups is 1. The van der Waals surface area contributed by atoms with Crippen molar-refractivity contribution < 1.29 is 9.53 Å². The largest absolute Gasteiger partial charge is 0.486 e. The van der Waals surface area contributed by atoms with Gasteiger partial charge in [-0.25, -0.2) is 0 Å². The van der Waals surface area contributed by atoms with E-state index in [1.54, 1.807) is 0 Å². The lowest BCUT2D eigenvalue weighted by atomic mass is 9.81. The summed E-state index contributed by atoms with van der Waals surface area (Å²) in [6.07, 6.45) is 3.43. The molecule has 1 aliphatic heterocycles. The molecule has 0 spiro atoms. The summed E-state index contributed by atoms with van der Waals surface area (Å²) in [5.74, 6) is 1.51. The van der Waals surface area contributed by atoms with Gasteiger partial charge in [-0.15, -0.1) is 0 Å². The Labute approximate surface area is 123 Å². The second-order valence-corrected chi connectivity index (χ2v) is 6.51. The summed E-state index contributed by atoms with van der Waals surface area (Å²) in [6, 6.07) is 5.66. The minimum absolute atomic E-state index is 0.207. The highest BCUT2D eigenvalue weighted by Crippen LogP contribution is 2.40. The standard InChI is InChI=1S/C16H21BrO2/c1-4-11(3)9-16(5-2)10-14(18)13-7-6-12(17)8-15(13)19-16/h6-8,11H,4-5,9-10H2,1-3H3. The van der Waals surface area contributed by atoms with E-state index < -0.39 is 0 Å². The van der Waals surface area contributed by atoms with Gasteiger partial charge < -0.3 is 4.74 Å². The number of carbonyl (C=O) groups excluding carboxylic acids is 1. The monoisotopic (exact) mass is 324 g/mol. The summed E-state index contributed by atoms with van der Waals surface area (Å²) in [6.45, 7) is 6.52. The Morgan fingerprint density at radius 2 is 2.16 bits per heavy atom. The predicted octanol–water partition coefficient (Wildman–Crippen LogP) is 5.00. The van der Waals surface area contributed by atoms with E-state index in [1.807, 2.05) is 18.2 Å². The van der Waals surface area contributed by atoms with Crippen LogP contribution in [0.4, 0.5) is 0 Å². The molecular weight excluding hydrogens is 304 g/mol. The molecule has 0 saturated carbocycles. The van der Waals surface area contributed by atoms with Crippen LogP contribution in [0.3, 0.4) is 0 Å². The number of hydrogen-bond acceptors (Lipinski definition) is 2. The number of halogens is 1. The Bertz CT molecular complexity index is 484. The first-order valence-corrected chi connectivity index (χ1v) is 7.80. The van der Waals surface area contributed by atoms with Gasteiger partial charge in [-0.05, 0) is 37.0 Å². The van der Waals surface area contributed by atoms with E-state index in [-0.39, 0.29) is 11.4 Å². The van der Waals surface area contributed by atoms with Crippen molar-refractivity contribution in [2.45, 2.75) is 52.1 Å². The molecule has 0 N–H and O–H groups in total. The van der Waals surface area contributed by atoms with Crippen LogP contribution in [0.25, 0.3) is 0 Å². The van der Waals surface area contributed by atoms with E-state index in [1.165, 1.54) is 0 Å². The van der Waals surface area contributed by atoms with Gasteiger partial charge in [0.05, 0.1) is 12.0 Å². The highest BCUT2D eigenvalue weighted by Gasteiger charge is 2.39. The van der Waals surface area contributed by atoms with Crippen LogP contribution in [-0.2, 0) is 0 Å². The third-order valence-corrected chi connectivity index (χ3v) is 4.61. The first kappa shape index (κ1) is 14.6. The van der Waals surface area contributed by atoms with Crippen molar-refractivity contribution in [1.82, 2.24) is 0 Å². The summed E-state index contributed by atoms with van der Waals surface area (Å²) < 4.78 is 7.19. The average Bonchev–Trinajstić information content (AvgIpc) is 2.38. The van der Waals surface area contributed by atoms with Crippen molar-refractivity contribution in [1.29, 1.82) is 0 Å². The van der Waals surface area contributed by atoms with Gasteiger partial charge in [-0.1, -0.05) is 43.1 Å². The minimum Gasteiger partial charge on any atom is -0.486 e. The van der Waals surface area contributed by atoms with Gasteiger partial charge >= 0.3 is 0 Å². The van der Waals surface area contributed by atoms with Crippen molar-refractivity contribution in [2.24, 2.45) is 5.92 Å². The van der Waals surface area contributed by atoms with E-state index in [4.69, 9.17) is 4.74 Å². The summed E-state index contributed by atoms with van der Waals surface area (Å²) in [5.41, 5.74) is 0.400. The molecule has 1 aliphatic rings. The molecule has 1 aromatic carbocycles. The van der Waals surface area contributed by atoms with Gasteiger partial charge in [0.2, 0.25) is 0 Å². The first-order valence-electron chi connectivity index (χ1n) is 7.01. The molecular formula is C16H21BrO2. The molecule has 3 heteroatoms. The average molecular weight is 325 g/mol. The molecule has 19 heavy (non-hydrogen) atoms. The van der Waals surface area contributed by atoms with Crippen molar-refractivity contribution in [3.8, 4) is 5.75 Å². The van der Waals surface area contributed by atoms with Crippen LogP contribution in [0.15, 0.2) is 22.7 Å². The SMILES string of the molecule is CCC(C)CC1(CC)CC(=O)c2ccc(Br)cc2O1. The second kappa shape index (κ2) is 5.66. The van der Waals surface area contributed by atoms with Crippen LogP contribution in [-0.4, -0.2) is 11.4 Å². The molecule has 0 radical (unpaired) electrons. The quantitative estimate of drug-likeness (QED) is 0.779. The van der Waals surface area contributed by atoms with E-state index in [2.05, 4.69) is 36.7 Å². The number of ketones is 1. The van der Waals surface area contributed by atoms with Gasteiger partial charge in [0.1, 0.15) is 11.4 Å². The lowest BCUT2D eigenvalue weighted by Crippen LogP contribution is -2.42. The summed E-state index contributed by atoms with van der Waals surface area (Å²) in [5, 5.41) is 0. The first-order chi connectivity index (χ1) is 8.99. The summed E-state index contributed by atoms with van der Waals surface area (Å²) >= 11 is 3.44. The molecule has 2 unspecified atom stereocenters. The number of hydrogen-bond donors (Lipinski definition) is 0. The number of rotatable bonds is 4. The van der Waals surface area contributed by atoms with Crippen molar-refractivity contribution in [3.63, 3.8) is 0 Å².